The van der Waals surface area contributed by atoms with Gasteiger partial charge in [-0.2, -0.15) is 18.4 Å². The predicted octanol–water partition coefficient (Wildman–Crippen LogP) is 7.00. The van der Waals surface area contributed by atoms with Crippen LogP contribution in [0.1, 0.15) is 30.0 Å². The highest BCUT2D eigenvalue weighted by atomic mass is 32.1. The maximum Gasteiger partial charge on any atom is 0.416 e. The molecule has 3 aromatic rings. The highest BCUT2D eigenvalue weighted by Crippen LogP contribution is 2.31. The first-order valence-electron chi connectivity index (χ1n) is 9.35. The number of alkyl halides is 3. The normalized spacial score (nSPS) is 12.1. The van der Waals surface area contributed by atoms with E-state index in [1.165, 1.54) is 35.2 Å². The van der Waals surface area contributed by atoms with Crippen LogP contribution in [0, 0.1) is 17.2 Å². The van der Waals surface area contributed by atoms with Crippen LogP contribution in [-0.4, -0.2) is 4.98 Å². The summed E-state index contributed by atoms with van der Waals surface area (Å²) in [6.07, 6.45) is -2.04. The minimum absolute atomic E-state index is 0.245. The van der Waals surface area contributed by atoms with Crippen LogP contribution in [-0.2, 0) is 12.6 Å². The van der Waals surface area contributed by atoms with E-state index < -0.39 is 11.7 Å². The van der Waals surface area contributed by atoms with E-state index in [0.29, 0.717) is 10.9 Å². The molecule has 0 radical (unpaired) electrons. The molecule has 0 fully saturated rings. The van der Waals surface area contributed by atoms with Gasteiger partial charge in [0.15, 0.2) is 0 Å². The summed E-state index contributed by atoms with van der Waals surface area (Å²) in [6.45, 7) is 4.34. The van der Waals surface area contributed by atoms with Crippen molar-refractivity contribution in [3.8, 4) is 17.3 Å². The van der Waals surface area contributed by atoms with Gasteiger partial charge in [0, 0.05) is 22.8 Å². The number of rotatable bonds is 6. The lowest BCUT2D eigenvalue weighted by Crippen LogP contribution is -2.05. The van der Waals surface area contributed by atoms with Gasteiger partial charge in [-0.3, -0.25) is 0 Å². The Morgan fingerprint density at radius 3 is 2.57 bits per heavy atom. The molecule has 0 aliphatic heterocycles. The van der Waals surface area contributed by atoms with Crippen LogP contribution >= 0.6 is 11.3 Å². The highest BCUT2D eigenvalue weighted by molar-refractivity contribution is 7.11. The SMILES string of the molecule is CC(C)Cc1ccc(-c2csc(/C(C#N)=C/Nc3cccc(C(F)(F)F)c3)n2)cc1. The maximum atomic E-state index is 12.8. The number of benzene rings is 2. The number of anilines is 1. The smallest absolute Gasteiger partial charge is 0.360 e. The molecule has 0 saturated heterocycles. The van der Waals surface area contributed by atoms with E-state index in [2.05, 4.69) is 42.4 Å². The van der Waals surface area contributed by atoms with Gasteiger partial charge in [-0.1, -0.05) is 44.2 Å². The van der Waals surface area contributed by atoms with Crippen molar-refractivity contribution in [1.82, 2.24) is 4.98 Å². The molecule has 0 unspecified atom stereocenters. The number of allylic oxidation sites excluding steroid dienone is 1. The molecule has 1 N–H and O–H groups in total. The predicted molar refractivity (Wildman–Crippen MR) is 115 cm³/mol. The zero-order valence-electron chi connectivity index (χ0n) is 16.5. The largest absolute Gasteiger partial charge is 0.416 e. The van der Waals surface area contributed by atoms with E-state index >= 15 is 0 Å². The molecule has 0 bridgehead atoms. The van der Waals surface area contributed by atoms with Gasteiger partial charge >= 0.3 is 6.18 Å². The zero-order valence-corrected chi connectivity index (χ0v) is 17.3. The molecule has 0 amide bonds. The van der Waals surface area contributed by atoms with E-state index in [9.17, 15) is 18.4 Å². The molecular formula is C23H20F3N3S. The van der Waals surface area contributed by atoms with E-state index in [1.54, 1.807) is 0 Å². The van der Waals surface area contributed by atoms with Crippen LogP contribution in [0.5, 0.6) is 0 Å². The van der Waals surface area contributed by atoms with Crippen LogP contribution < -0.4 is 5.32 Å². The van der Waals surface area contributed by atoms with Crippen molar-refractivity contribution >= 4 is 22.6 Å². The minimum atomic E-state index is -4.42. The van der Waals surface area contributed by atoms with Gasteiger partial charge in [-0.25, -0.2) is 4.98 Å². The third-order valence-electron chi connectivity index (χ3n) is 4.32. The Labute approximate surface area is 177 Å². The molecule has 1 heterocycles. The monoisotopic (exact) mass is 427 g/mol. The Morgan fingerprint density at radius 2 is 1.93 bits per heavy atom. The molecular weight excluding hydrogens is 407 g/mol. The van der Waals surface area contributed by atoms with Crippen molar-refractivity contribution in [3.63, 3.8) is 0 Å². The Balaban J connectivity index is 1.77. The molecule has 2 aromatic carbocycles. The summed E-state index contributed by atoms with van der Waals surface area (Å²) in [5.74, 6) is 0.578. The molecule has 30 heavy (non-hydrogen) atoms. The first kappa shape index (κ1) is 21.6. The number of aromatic nitrogens is 1. The fraction of sp³-hybridized carbons (Fsp3) is 0.217. The number of thiazole rings is 1. The number of nitrogens with zero attached hydrogens (tertiary/aromatic N) is 2. The first-order chi connectivity index (χ1) is 14.3. The van der Waals surface area contributed by atoms with E-state index in [-0.39, 0.29) is 11.3 Å². The average Bonchev–Trinajstić information content (AvgIpc) is 3.18. The van der Waals surface area contributed by atoms with Crippen LogP contribution in [0.15, 0.2) is 60.1 Å². The molecule has 3 rings (SSSR count). The summed E-state index contributed by atoms with van der Waals surface area (Å²) < 4.78 is 38.5. The van der Waals surface area contributed by atoms with Crippen molar-refractivity contribution in [2.75, 3.05) is 5.32 Å². The van der Waals surface area contributed by atoms with Gasteiger partial charge in [0.2, 0.25) is 0 Å². The number of nitriles is 1. The van der Waals surface area contributed by atoms with E-state index in [1.807, 2.05) is 17.5 Å². The molecule has 7 heteroatoms. The van der Waals surface area contributed by atoms with Crippen molar-refractivity contribution in [1.29, 1.82) is 5.26 Å². The summed E-state index contributed by atoms with van der Waals surface area (Å²) in [5.41, 5.74) is 2.71. The Morgan fingerprint density at radius 1 is 1.20 bits per heavy atom. The van der Waals surface area contributed by atoms with Crippen molar-refractivity contribution in [2.24, 2.45) is 5.92 Å². The van der Waals surface area contributed by atoms with Crippen LogP contribution in [0.25, 0.3) is 16.8 Å². The molecule has 0 spiro atoms. The van der Waals surface area contributed by atoms with Crippen molar-refractivity contribution < 1.29 is 13.2 Å². The van der Waals surface area contributed by atoms with E-state index in [0.717, 1.165) is 29.8 Å². The second-order valence-corrected chi connectivity index (χ2v) is 8.08. The number of hydrogen-bond acceptors (Lipinski definition) is 4. The molecule has 0 saturated carbocycles. The quantitative estimate of drug-likeness (QED) is 0.431. The molecule has 154 valence electrons. The fourth-order valence-corrected chi connectivity index (χ4v) is 3.69. The van der Waals surface area contributed by atoms with Gasteiger partial charge < -0.3 is 5.32 Å². The maximum absolute atomic E-state index is 12.8. The third kappa shape index (κ3) is 5.49. The van der Waals surface area contributed by atoms with E-state index in [4.69, 9.17) is 0 Å². The number of nitrogens with one attached hydrogen (secondary N) is 1. The zero-order chi connectivity index (χ0) is 21.7. The van der Waals surface area contributed by atoms with Crippen LogP contribution in [0.2, 0.25) is 0 Å². The summed E-state index contributed by atoms with van der Waals surface area (Å²) in [5, 5.41) is 14.6. The fourth-order valence-electron chi connectivity index (χ4n) is 2.90. The second-order valence-electron chi connectivity index (χ2n) is 7.23. The molecule has 1 aromatic heterocycles. The second kappa shape index (κ2) is 9.14. The molecule has 0 aliphatic rings. The van der Waals surface area contributed by atoms with Crippen LogP contribution in [0.3, 0.4) is 0 Å². The minimum Gasteiger partial charge on any atom is -0.360 e. The highest BCUT2D eigenvalue weighted by Gasteiger charge is 2.30. The Bertz CT molecular complexity index is 1070. The average molecular weight is 427 g/mol. The lowest BCUT2D eigenvalue weighted by atomic mass is 10.0. The van der Waals surface area contributed by atoms with Crippen LogP contribution in [0.4, 0.5) is 18.9 Å². The van der Waals surface area contributed by atoms with Gasteiger partial charge in [-0.05, 0) is 36.1 Å². The molecule has 0 atom stereocenters. The summed E-state index contributed by atoms with van der Waals surface area (Å²) in [6, 6.07) is 15.0. The standard InChI is InChI=1S/C23H20F3N3S/c1-15(2)10-16-6-8-17(9-7-16)21-14-30-22(29-21)18(12-27)13-28-20-5-3-4-19(11-20)23(24,25)26/h3-9,11,13-15,28H,10H2,1-2H3/b18-13+. The lowest BCUT2D eigenvalue weighted by molar-refractivity contribution is -0.137. The van der Waals surface area contributed by atoms with Gasteiger partial charge in [0.1, 0.15) is 16.6 Å². The van der Waals surface area contributed by atoms with Gasteiger partial charge in [-0.15, -0.1) is 11.3 Å². The topological polar surface area (TPSA) is 48.7 Å². The summed E-state index contributed by atoms with van der Waals surface area (Å²) in [4.78, 5) is 4.52. The Kier molecular flexibility index (Phi) is 6.58. The summed E-state index contributed by atoms with van der Waals surface area (Å²) in [7, 11) is 0. The molecule has 0 aliphatic carbocycles. The number of halogens is 3. The summed E-state index contributed by atoms with van der Waals surface area (Å²) >= 11 is 1.31. The van der Waals surface area contributed by atoms with Gasteiger partial charge in [0.05, 0.1) is 11.3 Å². The van der Waals surface area contributed by atoms with Crippen molar-refractivity contribution in [2.45, 2.75) is 26.4 Å². The first-order valence-corrected chi connectivity index (χ1v) is 10.2. The number of hydrogen-bond donors (Lipinski definition) is 1. The third-order valence-corrected chi connectivity index (χ3v) is 5.20. The van der Waals surface area contributed by atoms with Gasteiger partial charge in [0.25, 0.3) is 0 Å². The molecule has 3 nitrogen and oxygen atoms in total. The van der Waals surface area contributed by atoms with Crippen molar-refractivity contribution in [3.05, 3.63) is 76.2 Å². The Hall–Kier alpha value is -3.11. The lowest BCUT2D eigenvalue weighted by Gasteiger charge is -2.08.